The van der Waals surface area contributed by atoms with Crippen LogP contribution in [0.1, 0.15) is 125 Å². The highest BCUT2D eigenvalue weighted by molar-refractivity contribution is 5.88. The van der Waals surface area contributed by atoms with E-state index in [0.29, 0.717) is 35.3 Å². The van der Waals surface area contributed by atoms with Gasteiger partial charge in [-0.3, -0.25) is 0 Å². The third kappa shape index (κ3) is 8.26. The van der Waals surface area contributed by atoms with Crippen LogP contribution in [-0.2, 0) is 23.8 Å². The molecule has 1 unspecified atom stereocenters. The molecule has 4 aliphatic carbocycles. The molecule has 0 aromatic rings. The summed E-state index contributed by atoms with van der Waals surface area (Å²) in [6, 6.07) is 0. The Kier molecular flexibility index (Phi) is 12.5. The van der Waals surface area contributed by atoms with Crippen molar-refractivity contribution in [2.75, 3.05) is 19.8 Å². The van der Waals surface area contributed by atoms with Crippen molar-refractivity contribution in [3.05, 3.63) is 24.3 Å². The fourth-order valence-electron chi connectivity index (χ4n) is 10.5. The average molecular weight is 629 g/mol. The molecular weight excluding hydrogens is 564 g/mol. The van der Waals surface area contributed by atoms with Crippen molar-refractivity contribution in [3.8, 4) is 0 Å². The SMILES string of the molecule is C=C(C)C(=O)OC(CCO[C@H]1CC[C@@]2(C)[C@@H](CC[C@@H]3[C@@H]2CC[C@]2(C)[C@@H]([C@H](C)CCCC(C)C)CC[C@@H]32)C1)COC(=O)C(=C)CO. The first-order valence-corrected chi connectivity index (χ1v) is 18.2. The Hall–Kier alpha value is -1.66. The number of rotatable bonds is 15. The number of carbonyl (C=O) groups is 2. The van der Waals surface area contributed by atoms with Crippen molar-refractivity contribution in [1.82, 2.24) is 0 Å². The molecule has 256 valence electrons. The highest BCUT2D eigenvalue weighted by atomic mass is 16.6. The van der Waals surface area contributed by atoms with Gasteiger partial charge in [0.2, 0.25) is 0 Å². The Labute approximate surface area is 274 Å². The quantitative estimate of drug-likeness (QED) is 0.145. The number of ether oxygens (including phenoxy) is 3. The van der Waals surface area contributed by atoms with Crippen molar-refractivity contribution in [2.24, 2.45) is 52.3 Å². The van der Waals surface area contributed by atoms with Crippen LogP contribution in [0.4, 0.5) is 0 Å². The topological polar surface area (TPSA) is 82.1 Å². The molecule has 45 heavy (non-hydrogen) atoms. The van der Waals surface area contributed by atoms with Crippen molar-refractivity contribution in [3.63, 3.8) is 0 Å². The average Bonchev–Trinajstić information content (AvgIpc) is 3.36. The van der Waals surface area contributed by atoms with Crippen LogP contribution in [-0.4, -0.2) is 49.1 Å². The second-order valence-corrected chi connectivity index (χ2v) is 16.4. The van der Waals surface area contributed by atoms with E-state index in [9.17, 15) is 9.59 Å². The Balaban J connectivity index is 1.30. The smallest absolute Gasteiger partial charge is 0.335 e. The maximum atomic E-state index is 12.2. The molecule has 0 bridgehead atoms. The maximum Gasteiger partial charge on any atom is 0.335 e. The molecule has 10 atom stereocenters. The lowest BCUT2D eigenvalue weighted by atomic mass is 9.44. The summed E-state index contributed by atoms with van der Waals surface area (Å²) < 4.78 is 17.2. The van der Waals surface area contributed by atoms with E-state index in [1.807, 2.05) is 0 Å². The molecule has 0 aromatic heterocycles. The van der Waals surface area contributed by atoms with Gasteiger partial charge in [0.1, 0.15) is 12.7 Å². The summed E-state index contributed by atoms with van der Waals surface area (Å²) in [5, 5.41) is 9.14. The first kappa shape index (κ1) is 36.2. The second-order valence-electron chi connectivity index (χ2n) is 16.4. The van der Waals surface area contributed by atoms with Crippen LogP contribution >= 0.6 is 0 Å². The number of fused-ring (bicyclic) bond motifs is 5. The fourth-order valence-corrected chi connectivity index (χ4v) is 10.5. The predicted octanol–water partition coefficient (Wildman–Crippen LogP) is 8.46. The van der Waals surface area contributed by atoms with Gasteiger partial charge < -0.3 is 19.3 Å². The molecule has 0 amide bonds. The van der Waals surface area contributed by atoms with Gasteiger partial charge in [0.25, 0.3) is 0 Å². The van der Waals surface area contributed by atoms with E-state index in [0.717, 1.165) is 48.3 Å². The summed E-state index contributed by atoms with van der Waals surface area (Å²) in [6.07, 6.45) is 16.0. The lowest BCUT2D eigenvalue weighted by Gasteiger charge is -2.61. The van der Waals surface area contributed by atoms with Gasteiger partial charge in [-0.05, 0) is 117 Å². The maximum absolute atomic E-state index is 12.2. The molecule has 0 heterocycles. The van der Waals surface area contributed by atoms with Crippen LogP contribution in [0.2, 0.25) is 0 Å². The lowest BCUT2D eigenvalue weighted by molar-refractivity contribution is -0.157. The summed E-state index contributed by atoms with van der Waals surface area (Å²) in [4.78, 5) is 24.2. The molecule has 6 nitrogen and oxygen atoms in total. The van der Waals surface area contributed by atoms with Crippen LogP contribution in [0.15, 0.2) is 24.3 Å². The van der Waals surface area contributed by atoms with Crippen molar-refractivity contribution >= 4 is 11.9 Å². The number of hydrogen-bond donors (Lipinski definition) is 1. The monoisotopic (exact) mass is 628 g/mol. The predicted molar refractivity (Wildman–Crippen MR) is 179 cm³/mol. The Morgan fingerprint density at radius 3 is 2.29 bits per heavy atom. The van der Waals surface area contributed by atoms with E-state index in [2.05, 4.69) is 47.8 Å². The Morgan fingerprint density at radius 1 is 0.889 bits per heavy atom. The molecule has 6 heteroatoms. The van der Waals surface area contributed by atoms with E-state index in [-0.39, 0.29) is 18.3 Å². The molecule has 1 N–H and O–H groups in total. The zero-order valence-electron chi connectivity index (χ0n) is 29.4. The minimum absolute atomic E-state index is 0.0294. The summed E-state index contributed by atoms with van der Waals surface area (Å²) >= 11 is 0. The molecule has 4 rings (SSSR count). The largest absolute Gasteiger partial charge is 0.458 e. The third-order valence-electron chi connectivity index (χ3n) is 13.1. The van der Waals surface area contributed by atoms with E-state index in [1.165, 1.54) is 64.2 Å². The van der Waals surface area contributed by atoms with Crippen molar-refractivity contribution in [1.29, 1.82) is 0 Å². The molecular formula is C39H64O6. The van der Waals surface area contributed by atoms with E-state index >= 15 is 0 Å². The van der Waals surface area contributed by atoms with Crippen LogP contribution in [0.25, 0.3) is 0 Å². The minimum atomic E-state index is -0.690. The molecule has 0 spiro atoms. The zero-order chi connectivity index (χ0) is 32.9. The highest BCUT2D eigenvalue weighted by Crippen LogP contribution is 2.68. The molecule has 0 radical (unpaired) electrons. The molecule has 4 saturated carbocycles. The number of esters is 2. The van der Waals surface area contributed by atoms with Crippen LogP contribution in [0, 0.1) is 52.3 Å². The normalized spacial score (nSPS) is 35.5. The van der Waals surface area contributed by atoms with Gasteiger partial charge in [-0.1, -0.05) is 67.0 Å². The summed E-state index contributed by atoms with van der Waals surface area (Å²) in [7, 11) is 0. The van der Waals surface area contributed by atoms with Gasteiger partial charge in [-0.25, -0.2) is 9.59 Å². The number of aliphatic hydroxyl groups excluding tert-OH is 1. The zero-order valence-corrected chi connectivity index (χ0v) is 29.4. The third-order valence-corrected chi connectivity index (χ3v) is 13.1. The first-order valence-electron chi connectivity index (χ1n) is 18.2. The second kappa shape index (κ2) is 15.5. The Morgan fingerprint density at radius 2 is 1.60 bits per heavy atom. The first-order chi connectivity index (χ1) is 21.3. The van der Waals surface area contributed by atoms with Crippen molar-refractivity contribution in [2.45, 2.75) is 137 Å². The lowest BCUT2D eigenvalue weighted by Crippen LogP contribution is -2.54. The van der Waals surface area contributed by atoms with Gasteiger partial charge in [0, 0.05) is 12.0 Å². The van der Waals surface area contributed by atoms with Crippen LogP contribution in [0.5, 0.6) is 0 Å². The van der Waals surface area contributed by atoms with Crippen molar-refractivity contribution < 1.29 is 28.9 Å². The molecule has 0 aliphatic heterocycles. The van der Waals surface area contributed by atoms with E-state index in [1.54, 1.807) is 6.92 Å². The van der Waals surface area contributed by atoms with Gasteiger partial charge in [0.15, 0.2) is 0 Å². The number of hydrogen-bond acceptors (Lipinski definition) is 6. The number of carbonyl (C=O) groups excluding carboxylic acids is 2. The van der Waals surface area contributed by atoms with E-state index in [4.69, 9.17) is 19.3 Å². The number of aliphatic hydroxyl groups is 1. The Bertz CT molecular complexity index is 1050. The highest BCUT2D eigenvalue weighted by Gasteiger charge is 2.60. The van der Waals surface area contributed by atoms with Crippen LogP contribution < -0.4 is 0 Å². The van der Waals surface area contributed by atoms with Crippen LogP contribution in [0.3, 0.4) is 0 Å². The van der Waals surface area contributed by atoms with Gasteiger partial charge in [-0.2, -0.15) is 0 Å². The van der Waals surface area contributed by atoms with Gasteiger partial charge in [-0.15, -0.1) is 0 Å². The summed E-state index contributed by atoms with van der Waals surface area (Å²) in [6.45, 7) is 21.2. The van der Waals surface area contributed by atoms with E-state index < -0.39 is 24.6 Å². The molecule has 0 saturated heterocycles. The molecule has 0 aromatic carbocycles. The molecule has 4 fully saturated rings. The standard InChI is InChI=1S/C39H64O6/c1-25(2)10-9-11-27(5)33-14-15-34-32-13-12-29-22-30(16-19-38(29,7)35(32)17-20-39(33,34)8)43-21-18-31(45-36(41)26(3)4)24-44-37(42)28(6)23-40/h25,27,29-35,40H,3,6,9-24H2,1-2,4-5,7-8H3/t27-,29+,30+,31?,32+,33-,34+,35+,38+,39-/m1/s1. The minimum Gasteiger partial charge on any atom is -0.458 e. The van der Waals surface area contributed by atoms with Gasteiger partial charge in [0.05, 0.1) is 24.9 Å². The van der Waals surface area contributed by atoms with Gasteiger partial charge >= 0.3 is 11.9 Å². The summed E-state index contributed by atoms with van der Waals surface area (Å²) in [5.74, 6) is 4.72. The molecule has 4 aliphatic rings. The fraction of sp³-hybridized carbons (Fsp3) is 0.846. The summed E-state index contributed by atoms with van der Waals surface area (Å²) in [5.41, 5.74) is 1.21.